The SMILES string of the molecule is CCCC[Te+](C/C=C/[Si](C)(C)C)CCCC.[Br-]. The molecule has 0 rings (SSSR count). The predicted molar refractivity (Wildman–Crippen MR) is 82.5 cm³/mol. The summed E-state index contributed by atoms with van der Waals surface area (Å²) in [6, 6.07) is 0. The summed E-state index contributed by atoms with van der Waals surface area (Å²) < 4.78 is 4.71. The van der Waals surface area contributed by atoms with Crippen LogP contribution < -0.4 is 17.0 Å². The summed E-state index contributed by atoms with van der Waals surface area (Å²) in [6.07, 6.45) is 8.30. The second-order valence-corrected chi connectivity index (χ2v) is 17.5. The maximum absolute atomic E-state index is 2.55. The van der Waals surface area contributed by atoms with E-state index in [9.17, 15) is 0 Å². The van der Waals surface area contributed by atoms with E-state index in [1.807, 2.05) is 0 Å². The van der Waals surface area contributed by atoms with Crippen LogP contribution in [0.3, 0.4) is 0 Å². The van der Waals surface area contributed by atoms with Crippen molar-refractivity contribution in [2.24, 2.45) is 0 Å². The predicted octanol–water partition coefficient (Wildman–Crippen LogP) is 2.52. The molecule has 0 bridgehead atoms. The minimum Gasteiger partial charge on any atom is -1.00 e. The second-order valence-electron chi connectivity index (χ2n) is 5.66. The molecular formula is C14H31BrSiTe. The molecule has 0 aromatic rings. The summed E-state index contributed by atoms with van der Waals surface area (Å²) in [6.45, 7) is 12.0. The first-order valence-corrected chi connectivity index (χ1v) is 15.3. The summed E-state index contributed by atoms with van der Waals surface area (Å²) in [5, 5.41) is 0. The van der Waals surface area contributed by atoms with Crippen molar-refractivity contribution in [3.05, 3.63) is 11.8 Å². The Labute approximate surface area is 128 Å². The van der Waals surface area contributed by atoms with Crippen molar-refractivity contribution in [3.63, 3.8) is 0 Å². The molecule has 0 heterocycles. The average molecular weight is 435 g/mol. The van der Waals surface area contributed by atoms with Gasteiger partial charge in [-0.25, -0.2) is 0 Å². The molecule has 0 amide bonds. The molecule has 0 aliphatic heterocycles. The second kappa shape index (κ2) is 12.3. The van der Waals surface area contributed by atoms with Crippen LogP contribution in [-0.4, -0.2) is 27.6 Å². The van der Waals surface area contributed by atoms with Crippen molar-refractivity contribution in [2.45, 2.75) is 72.6 Å². The molecule has 3 heteroatoms. The molecule has 0 nitrogen and oxygen atoms in total. The van der Waals surface area contributed by atoms with Crippen LogP contribution in [0.1, 0.15) is 39.5 Å². The minimum atomic E-state index is -0.940. The Morgan fingerprint density at radius 3 is 1.76 bits per heavy atom. The third-order valence-corrected chi connectivity index (χ3v) is 10.6. The van der Waals surface area contributed by atoms with Gasteiger partial charge in [0.05, 0.1) is 0 Å². The zero-order chi connectivity index (χ0) is 12.4. The molecule has 0 N–H and O–H groups in total. The summed E-state index contributed by atoms with van der Waals surface area (Å²) in [5.74, 6) is 0. The number of rotatable bonds is 9. The van der Waals surface area contributed by atoms with Crippen molar-refractivity contribution < 1.29 is 17.0 Å². The van der Waals surface area contributed by atoms with Crippen molar-refractivity contribution in [3.8, 4) is 0 Å². The van der Waals surface area contributed by atoms with Crippen LogP contribution in [0.25, 0.3) is 0 Å². The van der Waals surface area contributed by atoms with Crippen LogP contribution in [0.5, 0.6) is 0 Å². The van der Waals surface area contributed by atoms with Crippen LogP contribution in [0.2, 0.25) is 33.0 Å². The Balaban J connectivity index is 0. The fraction of sp³-hybridized carbons (Fsp3) is 0.857. The number of halogens is 1. The molecule has 0 radical (unpaired) electrons. The molecule has 0 unspecified atom stereocenters. The van der Waals surface area contributed by atoms with E-state index in [0.29, 0.717) is 0 Å². The van der Waals surface area contributed by atoms with Gasteiger partial charge in [0.1, 0.15) is 0 Å². The van der Waals surface area contributed by atoms with Crippen LogP contribution in [0, 0.1) is 0 Å². The smallest absolute Gasteiger partial charge is 1.00 e. The van der Waals surface area contributed by atoms with Crippen LogP contribution in [-0.2, 0) is 0 Å². The Morgan fingerprint density at radius 1 is 0.941 bits per heavy atom. The summed E-state index contributed by atoms with van der Waals surface area (Å²) in [4.78, 5) is 0. The van der Waals surface area contributed by atoms with Gasteiger partial charge >= 0.3 is 112 Å². The van der Waals surface area contributed by atoms with E-state index in [0.717, 1.165) is 0 Å². The summed E-state index contributed by atoms with van der Waals surface area (Å²) in [5.41, 5.74) is 2.55. The monoisotopic (exact) mass is 436 g/mol. The molecular weight excluding hydrogens is 404 g/mol. The van der Waals surface area contributed by atoms with Crippen molar-refractivity contribution >= 4 is 27.6 Å². The topological polar surface area (TPSA) is 0 Å². The van der Waals surface area contributed by atoms with Gasteiger partial charge in [0.15, 0.2) is 0 Å². The zero-order valence-electron chi connectivity index (χ0n) is 12.4. The Bertz CT molecular complexity index is 179. The molecule has 0 aromatic heterocycles. The van der Waals surface area contributed by atoms with Crippen LogP contribution in [0.15, 0.2) is 11.8 Å². The first-order chi connectivity index (χ1) is 7.49. The fourth-order valence-corrected chi connectivity index (χ4v) is 9.42. The van der Waals surface area contributed by atoms with E-state index >= 15 is 0 Å². The molecule has 0 fully saturated rings. The van der Waals surface area contributed by atoms with E-state index in [1.54, 1.807) is 8.94 Å². The van der Waals surface area contributed by atoms with E-state index < -0.39 is 27.6 Å². The van der Waals surface area contributed by atoms with Gasteiger partial charge in [-0.2, -0.15) is 0 Å². The van der Waals surface area contributed by atoms with E-state index in [-0.39, 0.29) is 17.0 Å². The Hall–Kier alpha value is 1.23. The van der Waals surface area contributed by atoms with Crippen LogP contribution in [0.4, 0.5) is 0 Å². The third-order valence-electron chi connectivity index (χ3n) is 2.52. The van der Waals surface area contributed by atoms with Gasteiger partial charge < -0.3 is 17.0 Å². The zero-order valence-corrected chi connectivity index (χ0v) is 17.3. The molecule has 0 aliphatic carbocycles. The van der Waals surface area contributed by atoms with Gasteiger partial charge in [-0.05, 0) is 0 Å². The van der Waals surface area contributed by atoms with Gasteiger partial charge in [0.2, 0.25) is 0 Å². The molecule has 17 heavy (non-hydrogen) atoms. The fourth-order valence-electron chi connectivity index (χ4n) is 1.50. The molecule has 0 aliphatic rings. The maximum atomic E-state index is 2.55. The van der Waals surface area contributed by atoms with Gasteiger partial charge in [-0.15, -0.1) is 0 Å². The Morgan fingerprint density at radius 2 is 1.41 bits per heavy atom. The molecule has 0 atom stereocenters. The average Bonchev–Trinajstić information content (AvgIpc) is 2.19. The molecule has 104 valence electrons. The largest absolute Gasteiger partial charge is 1.00 e. The number of hydrogen-bond donors (Lipinski definition) is 0. The first-order valence-electron chi connectivity index (χ1n) is 6.81. The van der Waals surface area contributed by atoms with E-state index in [1.165, 1.54) is 30.2 Å². The normalized spacial score (nSPS) is 12.1. The number of unbranched alkanes of at least 4 members (excludes halogenated alkanes) is 2. The van der Waals surface area contributed by atoms with Gasteiger partial charge in [-0.3, -0.25) is 0 Å². The quantitative estimate of drug-likeness (QED) is 0.489. The number of allylic oxidation sites excluding steroid dienone is 1. The molecule has 0 spiro atoms. The van der Waals surface area contributed by atoms with Crippen molar-refractivity contribution in [2.75, 3.05) is 0 Å². The number of hydrogen-bond acceptors (Lipinski definition) is 0. The first kappa shape index (κ1) is 20.5. The van der Waals surface area contributed by atoms with Gasteiger partial charge in [-0.1, -0.05) is 0 Å². The minimum absolute atomic E-state index is 0. The molecule has 0 saturated heterocycles. The van der Waals surface area contributed by atoms with E-state index in [2.05, 4.69) is 45.3 Å². The maximum Gasteiger partial charge on any atom is -1.00 e. The Kier molecular flexibility index (Phi) is 14.8. The standard InChI is InChI=1S/C14H31SiTe.BrH/c1-6-8-12-16(13-9-7-2)14-10-11-15(3,4)5;/h10-11H,6-9,12-14H2,1-5H3;1H/q+1;/p-1/b11-10+;. The van der Waals surface area contributed by atoms with Gasteiger partial charge in [0.25, 0.3) is 0 Å². The van der Waals surface area contributed by atoms with Crippen LogP contribution >= 0.6 is 0 Å². The van der Waals surface area contributed by atoms with Crippen molar-refractivity contribution in [1.82, 2.24) is 0 Å². The molecule has 0 saturated carbocycles. The van der Waals surface area contributed by atoms with E-state index in [4.69, 9.17) is 0 Å². The molecule has 0 aromatic carbocycles. The summed E-state index contributed by atoms with van der Waals surface area (Å²) >= 11 is -0.731. The third kappa shape index (κ3) is 15.2. The van der Waals surface area contributed by atoms with Crippen molar-refractivity contribution in [1.29, 1.82) is 0 Å². The van der Waals surface area contributed by atoms with Gasteiger partial charge in [0, 0.05) is 0 Å². The summed E-state index contributed by atoms with van der Waals surface area (Å²) in [7, 11) is -0.940.